The zero-order chi connectivity index (χ0) is 10.6. The van der Waals surface area contributed by atoms with Crippen LogP contribution in [0.2, 0.25) is 0 Å². The predicted octanol–water partition coefficient (Wildman–Crippen LogP) is 2.81. The van der Waals surface area contributed by atoms with E-state index in [0.29, 0.717) is 11.7 Å². The molecule has 0 aromatic carbocycles. The van der Waals surface area contributed by atoms with Crippen LogP contribution in [0.1, 0.15) is 46.5 Å². The Morgan fingerprint density at radius 2 is 2.14 bits per heavy atom. The molecule has 0 spiro atoms. The van der Waals surface area contributed by atoms with E-state index in [9.17, 15) is 4.79 Å². The summed E-state index contributed by atoms with van der Waals surface area (Å²) < 4.78 is 5.39. The second kappa shape index (κ2) is 4.92. The van der Waals surface area contributed by atoms with Gasteiger partial charge in [0.1, 0.15) is 5.78 Å². The molecule has 1 aliphatic heterocycles. The summed E-state index contributed by atoms with van der Waals surface area (Å²) in [7, 11) is 0. The molecule has 1 rings (SSSR count). The van der Waals surface area contributed by atoms with E-state index in [1.54, 1.807) is 0 Å². The lowest BCUT2D eigenvalue weighted by molar-refractivity contribution is -0.126. The van der Waals surface area contributed by atoms with Crippen molar-refractivity contribution in [2.75, 3.05) is 13.2 Å². The molecule has 1 unspecified atom stereocenters. The summed E-state index contributed by atoms with van der Waals surface area (Å²) in [6.45, 7) is 7.74. The van der Waals surface area contributed by atoms with Crippen LogP contribution >= 0.6 is 0 Å². The lowest BCUT2D eigenvalue weighted by atomic mass is 9.85. The van der Waals surface area contributed by atoms with E-state index in [-0.39, 0.29) is 5.41 Å². The molecule has 1 saturated heterocycles. The van der Waals surface area contributed by atoms with Crippen LogP contribution in [-0.2, 0) is 9.53 Å². The number of rotatable bonds is 3. The molecule has 0 N–H and O–H groups in total. The van der Waals surface area contributed by atoms with E-state index in [1.807, 2.05) is 20.8 Å². The Kier molecular flexibility index (Phi) is 4.11. The van der Waals surface area contributed by atoms with Gasteiger partial charge in [0.25, 0.3) is 0 Å². The van der Waals surface area contributed by atoms with Crippen molar-refractivity contribution in [2.24, 2.45) is 11.3 Å². The Bertz CT molecular complexity index is 185. The van der Waals surface area contributed by atoms with Crippen LogP contribution in [-0.4, -0.2) is 19.0 Å². The maximum atomic E-state index is 11.7. The molecule has 1 aliphatic rings. The van der Waals surface area contributed by atoms with Gasteiger partial charge in [0.2, 0.25) is 0 Å². The maximum absolute atomic E-state index is 11.7. The molecule has 0 bridgehead atoms. The minimum atomic E-state index is -0.171. The van der Waals surface area contributed by atoms with Crippen molar-refractivity contribution in [1.29, 1.82) is 0 Å². The number of Topliss-reactive ketones (excluding diaryl/α,β-unsaturated/α-hetero) is 1. The Balaban J connectivity index is 2.22. The summed E-state index contributed by atoms with van der Waals surface area (Å²) in [5.74, 6) is 0.998. The zero-order valence-electron chi connectivity index (χ0n) is 9.64. The summed E-state index contributed by atoms with van der Waals surface area (Å²) >= 11 is 0. The van der Waals surface area contributed by atoms with Gasteiger partial charge in [-0.05, 0) is 25.2 Å². The highest BCUT2D eigenvalue weighted by Crippen LogP contribution is 2.23. The molecule has 0 saturated carbocycles. The highest BCUT2D eigenvalue weighted by Gasteiger charge is 2.22. The first kappa shape index (κ1) is 11.7. The quantitative estimate of drug-likeness (QED) is 0.697. The molecule has 0 aliphatic carbocycles. The van der Waals surface area contributed by atoms with Gasteiger partial charge in [0.05, 0.1) is 0 Å². The molecular weight excluding hydrogens is 176 g/mol. The van der Waals surface area contributed by atoms with Crippen molar-refractivity contribution in [3.05, 3.63) is 0 Å². The fraction of sp³-hybridized carbons (Fsp3) is 0.917. The third-order valence-corrected chi connectivity index (χ3v) is 2.87. The fourth-order valence-electron chi connectivity index (χ4n) is 1.75. The summed E-state index contributed by atoms with van der Waals surface area (Å²) in [6, 6.07) is 0. The molecule has 82 valence electrons. The molecular formula is C12H22O2. The molecule has 1 heterocycles. The van der Waals surface area contributed by atoms with Crippen molar-refractivity contribution in [2.45, 2.75) is 46.5 Å². The van der Waals surface area contributed by atoms with E-state index >= 15 is 0 Å². The fourth-order valence-corrected chi connectivity index (χ4v) is 1.75. The van der Waals surface area contributed by atoms with Crippen LogP contribution in [0.5, 0.6) is 0 Å². The number of carbonyl (C=O) groups is 1. The zero-order valence-corrected chi connectivity index (χ0v) is 9.64. The van der Waals surface area contributed by atoms with Gasteiger partial charge in [-0.15, -0.1) is 0 Å². The van der Waals surface area contributed by atoms with Crippen molar-refractivity contribution < 1.29 is 9.53 Å². The summed E-state index contributed by atoms with van der Waals surface area (Å²) in [4.78, 5) is 11.7. The largest absolute Gasteiger partial charge is 0.381 e. The van der Waals surface area contributed by atoms with Crippen LogP contribution in [0, 0.1) is 11.3 Å². The van der Waals surface area contributed by atoms with E-state index in [1.165, 1.54) is 6.42 Å². The van der Waals surface area contributed by atoms with E-state index < -0.39 is 0 Å². The normalized spacial score (nSPS) is 23.5. The molecule has 1 atom stereocenters. The minimum absolute atomic E-state index is 0.171. The Morgan fingerprint density at radius 3 is 2.64 bits per heavy atom. The van der Waals surface area contributed by atoms with Crippen LogP contribution in [0.4, 0.5) is 0 Å². The van der Waals surface area contributed by atoms with Gasteiger partial charge in [0.15, 0.2) is 0 Å². The number of ketones is 1. The predicted molar refractivity (Wildman–Crippen MR) is 57.2 cm³/mol. The van der Waals surface area contributed by atoms with Gasteiger partial charge in [-0.3, -0.25) is 4.79 Å². The van der Waals surface area contributed by atoms with E-state index in [4.69, 9.17) is 4.74 Å². The van der Waals surface area contributed by atoms with Crippen LogP contribution in [0.3, 0.4) is 0 Å². The lowest BCUT2D eigenvalue weighted by Crippen LogP contribution is -2.23. The average Bonchev–Trinajstić information content (AvgIpc) is 2.14. The average molecular weight is 198 g/mol. The monoisotopic (exact) mass is 198 g/mol. The van der Waals surface area contributed by atoms with Crippen LogP contribution in [0.15, 0.2) is 0 Å². The lowest BCUT2D eigenvalue weighted by Gasteiger charge is -2.23. The van der Waals surface area contributed by atoms with Crippen molar-refractivity contribution in [3.8, 4) is 0 Å². The number of hydrogen-bond donors (Lipinski definition) is 0. The Labute approximate surface area is 87.0 Å². The molecule has 14 heavy (non-hydrogen) atoms. The van der Waals surface area contributed by atoms with Gasteiger partial charge in [-0.1, -0.05) is 20.8 Å². The van der Waals surface area contributed by atoms with Gasteiger partial charge in [-0.2, -0.15) is 0 Å². The van der Waals surface area contributed by atoms with Crippen LogP contribution in [0.25, 0.3) is 0 Å². The second-order valence-corrected chi connectivity index (χ2v) is 5.30. The third kappa shape index (κ3) is 3.79. The first-order valence-corrected chi connectivity index (χ1v) is 5.61. The van der Waals surface area contributed by atoms with E-state index in [0.717, 1.165) is 32.5 Å². The summed E-state index contributed by atoms with van der Waals surface area (Å²) in [5, 5.41) is 0. The highest BCUT2D eigenvalue weighted by molar-refractivity contribution is 5.83. The molecule has 2 heteroatoms. The minimum Gasteiger partial charge on any atom is -0.381 e. The number of carbonyl (C=O) groups excluding carboxylic acids is 1. The molecule has 1 fully saturated rings. The van der Waals surface area contributed by atoms with Crippen molar-refractivity contribution >= 4 is 5.78 Å². The van der Waals surface area contributed by atoms with E-state index in [2.05, 4.69) is 0 Å². The van der Waals surface area contributed by atoms with Crippen molar-refractivity contribution in [3.63, 3.8) is 0 Å². The molecule has 0 aromatic rings. The molecule has 0 aromatic heterocycles. The van der Waals surface area contributed by atoms with Gasteiger partial charge in [0, 0.05) is 25.0 Å². The maximum Gasteiger partial charge on any atom is 0.138 e. The Morgan fingerprint density at radius 1 is 1.43 bits per heavy atom. The van der Waals surface area contributed by atoms with Crippen molar-refractivity contribution in [1.82, 2.24) is 0 Å². The molecule has 2 nitrogen and oxygen atoms in total. The van der Waals surface area contributed by atoms with Crippen LogP contribution < -0.4 is 0 Å². The standard InChI is InChI=1S/C12H22O2/c1-12(2,3)11(13)7-6-10-5-4-8-14-9-10/h10H,4-9H2,1-3H3. The number of hydrogen-bond acceptors (Lipinski definition) is 2. The first-order valence-electron chi connectivity index (χ1n) is 5.61. The molecule has 0 amide bonds. The molecule has 0 radical (unpaired) electrons. The summed E-state index contributed by atoms with van der Waals surface area (Å²) in [6.07, 6.45) is 4.12. The smallest absolute Gasteiger partial charge is 0.138 e. The van der Waals surface area contributed by atoms with Gasteiger partial charge < -0.3 is 4.74 Å². The summed E-state index contributed by atoms with van der Waals surface area (Å²) in [5.41, 5.74) is -0.171. The third-order valence-electron chi connectivity index (χ3n) is 2.87. The SMILES string of the molecule is CC(C)(C)C(=O)CCC1CCCOC1. The van der Waals surface area contributed by atoms with Gasteiger partial charge in [-0.25, -0.2) is 0 Å². The van der Waals surface area contributed by atoms with Gasteiger partial charge >= 0.3 is 0 Å². The Hall–Kier alpha value is -0.370. The topological polar surface area (TPSA) is 26.3 Å². The number of ether oxygens (including phenoxy) is 1. The second-order valence-electron chi connectivity index (χ2n) is 5.30. The highest BCUT2D eigenvalue weighted by atomic mass is 16.5. The first-order chi connectivity index (χ1) is 6.50.